The summed E-state index contributed by atoms with van der Waals surface area (Å²) in [6.07, 6.45) is 8.31. The third kappa shape index (κ3) is 4.29. The summed E-state index contributed by atoms with van der Waals surface area (Å²) >= 11 is 0. The van der Waals surface area contributed by atoms with Crippen molar-refractivity contribution in [3.8, 4) is 0 Å². The zero-order valence-electron chi connectivity index (χ0n) is 13.6. The first-order valence-electron chi connectivity index (χ1n) is 8.51. The summed E-state index contributed by atoms with van der Waals surface area (Å²) in [4.78, 5) is 17.0. The molecule has 0 amide bonds. The number of nitrogens with zero attached hydrogens (tertiary/aromatic N) is 2. The van der Waals surface area contributed by atoms with Crippen LogP contribution in [0.3, 0.4) is 0 Å². The quantitative estimate of drug-likeness (QED) is 0.747. The summed E-state index contributed by atoms with van der Waals surface area (Å²) in [5.74, 6) is 1.62. The molecule has 0 N–H and O–H groups in total. The van der Waals surface area contributed by atoms with Crippen LogP contribution in [0.25, 0.3) is 0 Å². The molecule has 0 bridgehead atoms. The molecule has 20 heavy (non-hydrogen) atoms. The molecule has 3 atom stereocenters. The number of rotatable bonds is 6. The molecular formula is C17H32N2O. The maximum Gasteiger partial charge on any atom is 0.137 e. The van der Waals surface area contributed by atoms with Crippen LogP contribution in [0.1, 0.15) is 51.9 Å². The van der Waals surface area contributed by atoms with E-state index in [0.29, 0.717) is 17.7 Å². The summed E-state index contributed by atoms with van der Waals surface area (Å²) in [7, 11) is 4.43. The maximum absolute atomic E-state index is 12.1. The highest BCUT2D eigenvalue weighted by Crippen LogP contribution is 2.30. The number of Topliss-reactive ketones (excluding diaryl/α,β-unsaturated/α-hetero) is 1. The topological polar surface area (TPSA) is 23.6 Å². The Morgan fingerprint density at radius 2 is 2.10 bits per heavy atom. The van der Waals surface area contributed by atoms with E-state index >= 15 is 0 Å². The van der Waals surface area contributed by atoms with Gasteiger partial charge in [0.15, 0.2) is 0 Å². The van der Waals surface area contributed by atoms with E-state index in [-0.39, 0.29) is 0 Å². The number of likely N-dealkylation sites (N-methyl/N-ethyl adjacent to an activating group) is 2. The maximum atomic E-state index is 12.1. The molecule has 1 aliphatic heterocycles. The van der Waals surface area contributed by atoms with E-state index in [1.807, 2.05) is 0 Å². The average Bonchev–Trinajstić information content (AvgIpc) is 2.79. The fourth-order valence-electron chi connectivity index (χ4n) is 4.07. The van der Waals surface area contributed by atoms with Gasteiger partial charge < -0.3 is 9.80 Å². The molecule has 2 rings (SSSR count). The van der Waals surface area contributed by atoms with E-state index in [4.69, 9.17) is 0 Å². The first-order chi connectivity index (χ1) is 9.60. The highest BCUT2D eigenvalue weighted by atomic mass is 16.1. The van der Waals surface area contributed by atoms with Crippen molar-refractivity contribution in [2.24, 2.45) is 11.8 Å². The van der Waals surface area contributed by atoms with Gasteiger partial charge >= 0.3 is 0 Å². The van der Waals surface area contributed by atoms with Crippen molar-refractivity contribution in [1.29, 1.82) is 0 Å². The lowest BCUT2D eigenvalue weighted by Crippen LogP contribution is -2.41. The fourth-order valence-corrected chi connectivity index (χ4v) is 4.07. The second-order valence-corrected chi connectivity index (χ2v) is 7.09. The van der Waals surface area contributed by atoms with Crippen molar-refractivity contribution in [3.05, 3.63) is 0 Å². The first kappa shape index (κ1) is 16.0. The predicted molar refractivity (Wildman–Crippen MR) is 83.9 cm³/mol. The summed E-state index contributed by atoms with van der Waals surface area (Å²) in [5.41, 5.74) is 0. The lowest BCUT2D eigenvalue weighted by Gasteiger charge is -2.32. The van der Waals surface area contributed by atoms with Crippen molar-refractivity contribution in [1.82, 2.24) is 9.80 Å². The molecule has 1 aliphatic carbocycles. The van der Waals surface area contributed by atoms with Crippen molar-refractivity contribution < 1.29 is 4.79 Å². The van der Waals surface area contributed by atoms with Crippen molar-refractivity contribution in [3.63, 3.8) is 0 Å². The molecular weight excluding hydrogens is 248 g/mol. The van der Waals surface area contributed by atoms with Crippen molar-refractivity contribution >= 4 is 5.78 Å². The lowest BCUT2D eigenvalue weighted by molar-refractivity contribution is -0.126. The molecule has 0 aromatic carbocycles. The minimum Gasteiger partial charge on any atom is -0.304 e. The molecule has 3 unspecified atom stereocenters. The Morgan fingerprint density at radius 1 is 1.30 bits per heavy atom. The molecule has 3 nitrogen and oxygen atoms in total. The van der Waals surface area contributed by atoms with Crippen LogP contribution in [0.5, 0.6) is 0 Å². The van der Waals surface area contributed by atoms with E-state index < -0.39 is 0 Å². The normalized spacial score (nSPS) is 32.2. The fraction of sp³-hybridized carbons (Fsp3) is 0.941. The molecule has 2 aliphatic rings. The minimum absolute atomic E-state index is 0.303. The average molecular weight is 280 g/mol. The molecule has 0 aromatic rings. The minimum atomic E-state index is 0.303. The van der Waals surface area contributed by atoms with Crippen LogP contribution in [-0.4, -0.2) is 55.4 Å². The van der Waals surface area contributed by atoms with Gasteiger partial charge in [0.25, 0.3) is 0 Å². The number of ketones is 1. The highest BCUT2D eigenvalue weighted by Gasteiger charge is 2.30. The number of carbonyl (C=O) groups excluding carboxylic acids is 1. The van der Waals surface area contributed by atoms with Crippen LogP contribution in [0.2, 0.25) is 0 Å². The monoisotopic (exact) mass is 280 g/mol. The predicted octanol–water partition coefficient (Wildman–Crippen LogP) is 2.80. The Balaban J connectivity index is 1.79. The Labute approximate surface area is 124 Å². The van der Waals surface area contributed by atoms with Gasteiger partial charge in [0, 0.05) is 31.5 Å². The smallest absolute Gasteiger partial charge is 0.137 e. The Hall–Kier alpha value is -0.410. The Bertz CT molecular complexity index is 318. The molecule has 3 heteroatoms. The first-order valence-corrected chi connectivity index (χ1v) is 8.51. The van der Waals surface area contributed by atoms with E-state index in [1.54, 1.807) is 0 Å². The van der Waals surface area contributed by atoms with Gasteiger partial charge in [-0.2, -0.15) is 0 Å². The van der Waals surface area contributed by atoms with Gasteiger partial charge in [0.2, 0.25) is 0 Å². The lowest BCUT2D eigenvalue weighted by atomic mass is 9.78. The van der Waals surface area contributed by atoms with Gasteiger partial charge in [-0.15, -0.1) is 0 Å². The summed E-state index contributed by atoms with van der Waals surface area (Å²) < 4.78 is 0. The summed E-state index contributed by atoms with van der Waals surface area (Å²) in [6, 6.07) is 0.699. The Morgan fingerprint density at radius 3 is 2.75 bits per heavy atom. The van der Waals surface area contributed by atoms with Crippen LogP contribution in [0.4, 0.5) is 0 Å². The molecule has 1 saturated carbocycles. The van der Waals surface area contributed by atoms with E-state index in [9.17, 15) is 4.79 Å². The SMILES string of the molecule is CCCC1CCC(=O)C(CN(C)CC2CCCN2C)C1. The largest absolute Gasteiger partial charge is 0.304 e. The van der Waals surface area contributed by atoms with Crippen molar-refractivity contribution in [2.45, 2.75) is 57.9 Å². The van der Waals surface area contributed by atoms with Gasteiger partial charge in [0.1, 0.15) is 5.78 Å². The van der Waals surface area contributed by atoms with Gasteiger partial charge in [-0.1, -0.05) is 19.8 Å². The highest BCUT2D eigenvalue weighted by molar-refractivity contribution is 5.81. The number of hydrogen-bond donors (Lipinski definition) is 0. The van der Waals surface area contributed by atoms with Crippen LogP contribution >= 0.6 is 0 Å². The third-order valence-electron chi connectivity index (χ3n) is 5.30. The second-order valence-electron chi connectivity index (χ2n) is 7.09. The zero-order valence-corrected chi connectivity index (χ0v) is 13.6. The molecule has 1 saturated heterocycles. The van der Waals surface area contributed by atoms with Crippen LogP contribution in [0.15, 0.2) is 0 Å². The number of likely N-dealkylation sites (tertiary alicyclic amines) is 1. The van der Waals surface area contributed by atoms with Gasteiger partial charge in [0.05, 0.1) is 0 Å². The summed E-state index contributed by atoms with van der Waals surface area (Å²) in [5, 5.41) is 0. The van der Waals surface area contributed by atoms with Gasteiger partial charge in [-0.3, -0.25) is 4.79 Å². The molecule has 0 radical (unpaired) electrons. The van der Waals surface area contributed by atoms with Crippen molar-refractivity contribution in [2.75, 3.05) is 33.7 Å². The third-order valence-corrected chi connectivity index (χ3v) is 5.30. The van der Waals surface area contributed by atoms with E-state index in [0.717, 1.165) is 38.3 Å². The van der Waals surface area contributed by atoms with Crippen LogP contribution in [-0.2, 0) is 4.79 Å². The number of carbonyl (C=O) groups is 1. The standard InChI is InChI=1S/C17H32N2O/c1-4-6-14-8-9-17(20)15(11-14)12-18(2)13-16-7-5-10-19(16)3/h14-16H,4-13H2,1-3H3. The van der Waals surface area contributed by atoms with Crippen LogP contribution in [0, 0.1) is 11.8 Å². The van der Waals surface area contributed by atoms with Gasteiger partial charge in [-0.25, -0.2) is 0 Å². The Kier molecular flexibility index (Phi) is 6.03. The molecule has 116 valence electrons. The zero-order chi connectivity index (χ0) is 14.5. The van der Waals surface area contributed by atoms with Crippen LogP contribution < -0.4 is 0 Å². The molecule has 1 heterocycles. The van der Waals surface area contributed by atoms with E-state index in [1.165, 1.54) is 32.2 Å². The molecule has 0 spiro atoms. The van der Waals surface area contributed by atoms with E-state index in [2.05, 4.69) is 30.8 Å². The molecule has 2 fully saturated rings. The van der Waals surface area contributed by atoms with Gasteiger partial charge in [-0.05, 0) is 52.2 Å². The molecule has 0 aromatic heterocycles. The summed E-state index contributed by atoms with van der Waals surface area (Å²) in [6.45, 7) is 5.59. The second kappa shape index (κ2) is 7.56. The number of hydrogen-bond acceptors (Lipinski definition) is 3.